The van der Waals surface area contributed by atoms with Crippen LogP contribution in [0.2, 0.25) is 0 Å². The molecule has 0 unspecified atom stereocenters. The molecule has 0 spiro atoms. The second-order valence-electron chi connectivity index (χ2n) is 5.01. The number of hydrogen-bond acceptors (Lipinski definition) is 3. The summed E-state index contributed by atoms with van der Waals surface area (Å²) in [6.45, 7) is 1.67. The fourth-order valence-corrected chi connectivity index (χ4v) is 2.04. The van der Waals surface area contributed by atoms with Crippen LogP contribution in [0.4, 0.5) is 13.2 Å². The molecule has 0 fully saturated rings. The van der Waals surface area contributed by atoms with Crippen molar-refractivity contribution >= 4 is 5.91 Å². The van der Waals surface area contributed by atoms with Gasteiger partial charge in [0.15, 0.2) is 0 Å². The highest BCUT2D eigenvalue weighted by Gasteiger charge is 2.37. The van der Waals surface area contributed by atoms with Crippen LogP contribution in [0.1, 0.15) is 21.7 Å². The third kappa shape index (κ3) is 3.79. The van der Waals surface area contributed by atoms with Gasteiger partial charge in [0.25, 0.3) is 5.91 Å². The van der Waals surface area contributed by atoms with Crippen LogP contribution in [0.15, 0.2) is 29.1 Å². The van der Waals surface area contributed by atoms with Crippen molar-refractivity contribution in [3.05, 3.63) is 51.7 Å². The van der Waals surface area contributed by atoms with E-state index in [1.165, 1.54) is 0 Å². The van der Waals surface area contributed by atoms with Gasteiger partial charge < -0.3 is 5.32 Å². The predicted molar refractivity (Wildman–Crippen MR) is 76.0 cm³/mol. The van der Waals surface area contributed by atoms with Crippen LogP contribution >= 0.6 is 0 Å². The minimum atomic E-state index is -4.70. The number of nitrogens with zero attached hydrogens (tertiary/aromatic N) is 3. The Morgan fingerprint density at radius 1 is 1.35 bits per heavy atom. The summed E-state index contributed by atoms with van der Waals surface area (Å²) >= 11 is 0. The zero-order valence-corrected chi connectivity index (χ0v) is 12.5. The van der Waals surface area contributed by atoms with Crippen LogP contribution in [-0.4, -0.2) is 26.8 Å². The standard InChI is InChI=1S/C14H15F3N4O2/c1-9-4-3-5-10(8-9)11(22)18-6-7-21-13(23)20(2)12(19-21)14(15,16)17/h3-5,8H,6-7H2,1-2H3,(H,18,22). The van der Waals surface area contributed by atoms with Crippen LogP contribution in [0, 0.1) is 6.92 Å². The van der Waals surface area contributed by atoms with Crippen molar-refractivity contribution in [2.24, 2.45) is 7.05 Å². The zero-order chi connectivity index (χ0) is 17.2. The Balaban J connectivity index is 2.02. The molecular weight excluding hydrogens is 313 g/mol. The Hall–Kier alpha value is -2.58. The summed E-state index contributed by atoms with van der Waals surface area (Å²) < 4.78 is 39.1. The van der Waals surface area contributed by atoms with Crippen LogP contribution in [0.5, 0.6) is 0 Å². The van der Waals surface area contributed by atoms with Gasteiger partial charge >= 0.3 is 11.9 Å². The molecule has 0 aliphatic carbocycles. The summed E-state index contributed by atoms with van der Waals surface area (Å²) in [5.41, 5.74) is 0.463. The van der Waals surface area contributed by atoms with Crippen LogP contribution < -0.4 is 11.0 Å². The number of halogens is 3. The predicted octanol–water partition coefficient (Wildman–Crippen LogP) is 1.34. The molecule has 9 heteroatoms. The largest absolute Gasteiger partial charge is 0.451 e. The number of carbonyl (C=O) groups is 1. The van der Waals surface area contributed by atoms with Gasteiger partial charge in [0.1, 0.15) is 0 Å². The van der Waals surface area contributed by atoms with E-state index in [1.54, 1.807) is 18.2 Å². The van der Waals surface area contributed by atoms with Gasteiger partial charge in [-0.3, -0.25) is 9.36 Å². The van der Waals surface area contributed by atoms with E-state index in [4.69, 9.17) is 0 Å². The normalized spacial score (nSPS) is 11.5. The van der Waals surface area contributed by atoms with Crippen LogP contribution in [0.25, 0.3) is 0 Å². The lowest BCUT2D eigenvalue weighted by Gasteiger charge is -2.05. The third-order valence-electron chi connectivity index (χ3n) is 3.18. The monoisotopic (exact) mass is 328 g/mol. The molecule has 1 aromatic heterocycles. The number of benzene rings is 1. The number of rotatable bonds is 4. The number of carbonyl (C=O) groups excluding carboxylic acids is 1. The highest BCUT2D eigenvalue weighted by atomic mass is 19.4. The molecule has 23 heavy (non-hydrogen) atoms. The van der Waals surface area contributed by atoms with Crippen molar-refractivity contribution in [2.45, 2.75) is 19.6 Å². The lowest BCUT2D eigenvalue weighted by atomic mass is 10.1. The molecule has 0 saturated heterocycles. The molecule has 0 aliphatic rings. The second kappa shape index (κ2) is 6.27. The number of alkyl halides is 3. The molecule has 124 valence electrons. The smallest absolute Gasteiger partial charge is 0.350 e. The van der Waals surface area contributed by atoms with E-state index in [0.717, 1.165) is 12.6 Å². The summed E-state index contributed by atoms with van der Waals surface area (Å²) in [4.78, 5) is 23.6. The molecule has 2 aromatic rings. The summed E-state index contributed by atoms with van der Waals surface area (Å²) in [5, 5.41) is 5.80. The minimum Gasteiger partial charge on any atom is -0.350 e. The summed E-state index contributed by atoms with van der Waals surface area (Å²) in [5.74, 6) is -1.64. The van der Waals surface area contributed by atoms with Crippen molar-refractivity contribution < 1.29 is 18.0 Å². The molecule has 1 N–H and O–H groups in total. The number of aromatic nitrogens is 3. The maximum absolute atomic E-state index is 12.6. The Morgan fingerprint density at radius 3 is 2.61 bits per heavy atom. The van der Waals surface area contributed by atoms with Crippen LogP contribution in [-0.2, 0) is 19.8 Å². The Morgan fingerprint density at radius 2 is 2.04 bits per heavy atom. The maximum Gasteiger partial charge on any atom is 0.451 e. The minimum absolute atomic E-state index is 0.0129. The molecule has 0 bridgehead atoms. The maximum atomic E-state index is 12.6. The molecule has 1 aromatic carbocycles. The molecule has 1 heterocycles. The first-order valence-electron chi connectivity index (χ1n) is 6.76. The van der Waals surface area contributed by atoms with E-state index in [2.05, 4.69) is 10.4 Å². The molecule has 6 nitrogen and oxygen atoms in total. The van der Waals surface area contributed by atoms with Gasteiger partial charge in [-0.25, -0.2) is 9.48 Å². The SMILES string of the molecule is Cc1cccc(C(=O)NCCn2nc(C(F)(F)F)n(C)c2=O)c1. The van der Waals surface area contributed by atoms with Crippen molar-refractivity contribution in [3.8, 4) is 0 Å². The van der Waals surface area contributed by atoms with E-state index >= 15 is 0 Å². The van der Waals surface area contributed by atoms with Gasteiger partial charge in [-0.05, 0) is 19.1 Å². The Bertz CT molecular complexity index is 777. The fourth-order valence-electron chi connectivity index (χ4n) is 2.04. The average Bonchev–Trinajstić information content (AvgIpc) is 2.75. The number of hydrogen-bond donors (Lipinski definition) is 1. The molecule has 0 radical (unpaired) electrons. The molecular formula is C14H15F3N4O2. The van der Waals surface area contributed by atoms with Gasteiger partial charge in [-0.1, -0.05) is 17.7 Å². The first-order chi connectivity index (χ1) is 10.7. The van der Waals surface area contributed by atoms with Crippen molar-refractivity contribution in [1.82, 2.24) is 19.7 Å². The summed E-state index contributed by atoms with van der Waals surface area (Å²) in [6, 6.07) is 6.87. The van der Waals surface area contributed by atoms with Gasteiger partial charge in [0.2, 0.25) is 5.82 Å². The highest BCUT2D eigenvalue weighted by Crippen LogP contribution is 2.25. The lowest BCUT2D eigenvalue weighted by molar-refractivity contribution is -0.147. The quantitative estimate of drug-likeness (QED) is 0.921. The number of nitrogens with one attached hydrogen (secondary N) is 1. The van der Waals surface area contributed by atoms with Crippen molar-refractivity contribution in [2.75, 3.05) is 6.54 Å². The van der Waals surface area contributed by atoms with Gasteiger partial charge in [-0.2, -0.15) is 13.2 Å². The van der Waals surface area contributed by atoms with Gasteiger partial charge in [0, 0.05) is 19.2 Å². The van der Waals surface area contributed by atoms with Gasteiger partial charge in [0.05, 0.1) is 6.54 Å². The Kier molecular flexibility index (Phi) is 4.57. The second-order valence-corrected chi connectivity index (χ2v) is 5.01. The summed E-state index contributed by atoms with van der Waals surface area (Å²) in [7, 11) is 1.000. The molecule has 1 amide bonds. The number of aryl methyl sites for hydroxylation is 1. The summed E-state index contributed by atoms with van der Waals surface area (Å²) in [6.07, 6.45) is -4.70. The fraction of sp³-hybridized carbons (Fsp3) is 0.357. The van der Waals surface area contributed by atoms with Gasteiger partial charge in [-0.15, -0.1) is 5.10 Å². The molecule has 0 atom stereocenters. The zero-order valence-electron chi connectivity index (χ0n) is 12.5. The lowest BCUT2D eigenvalue weighted by Crippen LogP contribution is -2.31. The average molecular weight is 328 g/mol. The van der Waals surface area contributed by atoms with Crippen LogP contribution in [0.3, 0.4) is 0 Å². The van der Waals surface area contributed by atoms with E-state index < -0.39 is 17.7 Å². The van der Waals surface area contributed by atoms with E-state index in [0.29, 0.717) is 14.8 Å². The molecule has 0 saturated carbocycles. The third-order valence-corrected chi connectivity index (χ3v) is 3.18. The van der Waals surface area contributed by atoms with E-state index in [1.807, 2.05) is 13.0 Å². The van der Waals surface area contributed by atoms with Crippen molar-refractivity contribution in [1.29, 1.82) is 0 Å². The topological polar surface area (TPSA) is 68.9 Å². The van der Waals surface area contributed by atoms with E-state index in [-0.39, 0.29) is 19.0 Å². The first kappa shape index (κ1) is 16.8. The number of amides is 1. The van der Waals surface area contributed by atoms with E-state index in [9.17, 15) is 22.8 Å². The molecule has 2 rings (SSSR count). The molecule has 0 aliphatic heterocycles. The first-order valence-corrected chi connectivity index (χ1v) is 6.76. The highest BCUT2D eigenvalue weighted by molar-refractivity contribution is 5.94. The Labute approximate surface area is 129 Å². The van der Waals surface area contributed by atoms with Crippen molar-refractivity contribution in [3.63, 3.8) is 0 Å².